The number of amides is 2. The number of hydrogen-bond donors (Lipinski definition) is 2. The van der Waals surface area contributed by atoms with Gasteiger partial charge in [-0.15, -0.1) is 12.4 Å². The summed E-state index contributed by atoms with van der Waals surface area (Å²) in [5, 5.41) is 2.96. The van der Waals surface area contributed by atoms with Gasteiger partial charge in [-0.1, -0.05) is 13.8 Å². The Hall–Kier alpha value is -0.810. The van der Waals surface area contributed by atoms with Gasteiger partial charge in [0.2, 0.25) is 11.8 Å². The molecule has 114 valence electrons. The quantitative estimate of drug-likeness (QED) is 0.739. The van der Waals surface area contributed by atoms with Crippen molar-refractivity contribution in [2.45, 2.75) is 45.6 Å². The monoisotopic (exact) mass is 293 g/mol. The maximum absolute atomic E-state index is 11.8. The summed E-state index contributed by atoms with van der Waals surface area (Å²) in [6, 6.07) is 0. The van der Waals surface area contributed by atoms with Crippen molar-refractivity contribution in [3.05, 3.63) is 0 Å². The Morgan fingerprint density at radius 3 is 2.16 bits per heavy atom. The fraction of sp³-hybridized carbons (Fsp3) is 0.846. The first kappa shape index (κ1) is 20.5. The number of nitrogens with one attached hydrogen (secondary N) is 1. The van der Waals surface area contributed by atoms with E-state index < -0.39 is 0 Å². The van der Waals surface area contributed by atoms with Gasteiger partial charge in [0.15, 0.2) is 0 Å². The van der Waals surface area contributed by atoms with Crippen molar-refractivity contribution in [2.75, 3.05) is 20.6 Å². The van der Waals surface area contributed by atoms with E-state index in [9.17, 15) is 9.59 Å². The van der Waals surface area contributed by atoms with Crippen molar-refractivity contribution in [3.63, 3.8) is 0 Å². The Labute approximate surface area is 122 Å². The van der Waals surface area contributed by atoms with E-state index in [1.165, 1.54) is 4.90 Å². The molecule has 1 atom stereocenters. The molecule has 0 aromatic rings. The minimum atomic E-state index is -0.372. The Balaban J connectivity index is 0. The molecule has 2 amide bonds. The van der Waals surface area contributed by atoms with Crippen molar-refractivity contribution in [3.8, 4) is 0 Å². The first-order valence-corrected chi connectivity index (χ1v) is 6.44. The predicted octanol–water partition coefficient (Wildman–Crippen LogP) is 1.16. The Morgan fingerprint density at radius 1 is 1.26 bits per heavy atom. The molecule has 5 nitrogen and oxygen atoms in total. The number of nitrogens with zero attached hydrogens (tertiary/aromatic N) is 1. The topological polar surface area (TPSA) is 75.4 Å². The largest absolute Gasteiger partial charge is 0.349 e. The summed E-state index contributed by atoms with van der Waals surface area (Å²) in [4.78, 5) is 24.7. The van der Waals surface area contributed by atoms with Gasteiger partial charge in [0.1, 0.15) is 0 Å². The molecule has 0 aliphatic heterocycles. The number of hydrogen-bond acceptors (Lipinski definition) is 3. The van der Waals surface area contributed by atoms with E-state index in [0.29, 0.717) is 25.8 Å². The van der Waals surface area contributed by atoms with Crippen LogP contribution in [0.5, 0.6) is 0 Å². The first-order valence-electron chi connectivity index (χ1n) is 6.44. The van der Waals surface area contributed by atoms with Crippen LogP contribution >= 0.6 is 12.4 Å². The van der Waals surface area contributed by atoms with E-state index in [1.807, 2.05) is 20.8 Å². The molecule has 19 heavy (non-hydrogen) atoms. The molecule has 3 N–H and O–H groups in total. The van der Waals surface area contributed by atoms with Gasteiger partial charge in [-0.25, -0.2) is 0 Å². The van der Waals surface area contributed by atoms with Crippen LogP contribution < -0.4 is 11.1 Å². The van der Waals surface area contributed by atoms with Gasteiger partial charge in [-0.2, -0.15) is 0 Å². The second-order valence-corrected chi connectivity index (χ2v) is 5.47. The third kappa shape index (κ3) is 7.38. The highest BCUT2D eigenvalue weighted by molar-refractivity contribution is 5.85. The molecule has 0 aromatic heterocycles. The highest BCUT2D eigenvalue weighted by Gasteiger charge is 2.28. The average Bonchev–Trinajstić information content (AvgIpc) is 2.28. The third-order valence-electron chi connectivity index (χ3n) is 3.42. The van der Waals surface area contributed by atoms with Crippen LogP contribution in [0.3, 0.4) is 0 Å². The lowest BCUT2D eigenvalue weighted by Crippen LogP contribution is -2.55. The number of halogens is 1. The zero-order valence-corrected chi connectivity index (χ0v) is 13.5. The zero-order valence-electron chi connectivity index (χ0n) is 12.7. The van der Waals surface area contributed by atoms with Crippen LogP contribution in [0.15, 0.2) is 0 Å². The van der Waals surface area contributed by atoms with Crippen LogP contribution in [-0.2, 0) is 9.59 Å². The third-order valence-corrected chi connectivity index (χ3v) is 3.42. The molecule has 1 unspecified atom stereocenters. The molecule has 0 fully saturated rings. The Bertz CT molecular complexity index is 296. The van der Waals surface area contributed by atoms with Crippen molar-refractivity contribution in [2.24, 2.45) is 11.7 Å². The molecule has 0 heterocycles. The van der Waals surface area contributed by atoms with Crippen molar-refractivity contribution in [1.29, 1.82) is 0 Å². The molecular formula is C13H28ClN3O2. The van der Waals surface area contributed by atoms with Crippen molar-refractivity contribution in [1.82, 2.24) is 10.2 Å². The second kappa shape index (κ2) is 9.15. The van der Waals surface area contributed by atoms with E-state index in [0.717, 1.165) is 0 Å². The molecule has 0 aromatic carbocycles. The first-order chi connectivity index (χ1) is 8.23. The lowest BCUT2D eigenvalue weighted by Gasteiger charge is -2.33. The van der Waals surface area contributed by atoms with Gasteiger partial charge in [-0.05, 0) is 19.3 Å². The molecule has 0 radical (unpaired) electrons. The second-order valence-electron chi connectivity index (χ2n) is 5.47. The van der Waals surface area contributed by atoms with Gasteiger partial charge in [0.05, 0.1) is 5.54 Å². The molecule has 0 saturated heterocycles. The van der Waals surface area contributed by atoms with E-state index in [2.05, 4.69) is 5.32 Å². The highest BCUT2D eigenvalue weighted by atomic mass is 35.5. The number of carbonyl (C=O) groups excluding carboxylic acids is 2. The average molecular weight is 294 g/mol. The summed E-state index contributed by atoms with van der Waals surface area (Å²) in [6.07, 6.45) is 1.34. The smallest absolute Gasteiger partial charge is 0.222 e. The minimum absolute atomic E-state index is 0. The van der Waals surface area contributed by atoms with E-state index in [4.69, 9.17) is 5.73 Å². The fourth-order valence-electron chi connectivity index (χ4n) is 1.44. The highest BCUT2D eigenvalue weighted by Crippen LogP contribution is 2.15. The van der Waals surface area contributed by atoms with Crippen LogP contribution in [0.4, 0.5) is 0 Å². The number of rotatable bonds is 7. The lowest BCUT2D eigenvalue weighted by atomic mass is 9.88. The van der Waals surface area contributed by atoms with Gasteiger partial charge >= 0.3 is 0 Å². The van der Waals surface area contributed by atoms with E-state index >= 15 is 0 Å². The zero-order chi connectivity index (χ0) is 14.3. The predicted molar refractivity (Wildman–Crippen MR) is 80.2 cm³/mol. The number of carbonyl (C=O) groups is 2. The molecule has 0 rings (SSSR count). The molecule has 0 aliphatic carbocycles. The van der Waals surface area contributed by atoms with Crippen LogP contribution in [0, 0.1) is 5.92 Å². The van der Waals surface area contributed by atoms with Crippen LogP contribution in [-0.4, -0.2) is 42.9 Å². The molecule has 0 aliphatic rings. The Morgan fingerprint density at radius 2 is 1.79 bits per heavy atom. The summed E-state index contributed by atoms with van der Waals surface area (Å²) < 4.78 is 0. The van der Waals surface area contributed by atoms with Gasteiger partial charge in [0.25, 0.3) is 0 Å². The van der Waals surface area contributed by atoms with Crippen LogP contribution in [0.1, 0.15) is 40.0 Å². The molecular weight excluding hydrogens is 266 g/mol. The standard InChI is InChI=1S/C13H27N3O2.ClH/c1-10(2)13(3,9-14)15-11(17)7-6-8-12(18)16(4)5;/h10H,6-9,14H2,1-5H3,(H,15,17);1H. The van der Waals surface area contributed by atoms with E-state index in [-0.39, 0.29) is 35.7 Å². The molecule has 0 bridgehead atoms. The summed E-state index contributed by atoms with van der Waals surface area (Å²) in [5.41, 5.74) is 5.32. The Kier molecular flexibility index (Phi) is 9.88. The normalized spacial score (nSPS) is 13.4. The molecule has 6 heteroatoms. The van der Waals surface area contributed by atoms with Gasteiger partial charge in [0, 0.05) is 33.5 Å². The number of nitrogens with two attached hydrogens (primary N) is 1. The van der Waals surface area contributed by atoms with Crippen molar-refractivity contribution >= 4 is 24.2 Å². The van der Waals surface area contributed by atoms with Crippen molar-refractivity contribution < 1.29 is 9.59 Å². The van der Waals surface area contributed by atoms with Gasteiger partial charge in [-0.3, -0.25) is 9.59 Å². The molecule has 0 spiro atoms. The summed E-state index contributed by atoms with van der Waals surface area (Å²) >= 11 is 0. The van der Waals surface area contributed by atoms with Crippen LogP contribution in [0.2, 0.25) is 0 Å². The van der Waals surface area contributed by atoms with Crippen LogP contribution in [0.25, 0.3) is 0 Å². The SMILES string of the molecule is CC(C)C(C)(CN)NC(=O)CCCC(=O)N(C)C.Cl. The summed E-state index contributed by atoms with van der Waals surface area (Å²) in [5.74, 6) is 0.284. The fourth-order valence-corrected chi connectivity index (χ4v) is 1.44. The van der Waals surface area contributed by atoms with E-state index in [1.54, 1.807) is 14.1 Å². The summed E-state index contributed by atoms with van der Waals surface area (Å²) in [7, 11) is 3.43. The maximum Gasteiger partial charge on any atom is 0.222 e. The lowest BCUT2D eigenvalue weighted by molar-refractivity contribution is -0.129. The molecule has 0 saturated carbocycles. The summed E-state index contributed by atoms with van der Waals surface area (Å²) in [6.45, 7) is 6.42. The maximum atomic E-state index is 11.8. The van der Waals surface area contributed by atoms with Gasteiger partial charge < -0.3 is 16.0 Å². The minimum Gasteiger partial charge on any atom is -0.349 e.